The second kappa shape index (κ2) is 21.5. The predicted octanol–water partition coefficient (Wildman–Crippen LogP) is -1.14. The molecule has 0 fully saturated rings. The summed E-state index contributed by atoms with van der Waals surface area (Å²) in [5.41, 5.74) is -2.53. The van der Waals surface area contributed by atoms with E-state index in [2.05, 4.69) is 56.6 Å². The van der Waals surface area contributed by atoms with Crippen LogP contribution in [0.3, 0.4) is 0 Å². The third-order valence-corrected chi connectivity index (χ3v) is 7.30. The fourth-order valence-corrected chi connectivity index (χ4v) is 4.71. The molecule has 3 heterocycles. The molecule has 57 heavy (non-hydrogen) atoms. The molecule has 4 amide bonds. The van der Waals surface area contributed by atoms with E-state index in [0.29, 0.717) is 0 Å². The molecule has 0 radical (unpaired) electrons. The Labute approximate surface area is 317 Å². The van der Waals surface area contributed by atoms with Crippen molar-refractivity contribution in [2.75, 3.05) is 70.5 Å². The third kappa shape index (κ3) is 15.3. The van der Waals surface area contributed by atoms with E-state index in [1.54, 1.807) is 0 Å². The Kier molecular flexibility index (Phi) is 17.0. The summed E-state index contributed by atoms with van der Waals surface area (Å²) in [6.07, 6.45) is -2.18. The normalized spacial score (nSPS) is 12.3. The van der Waals surface area contributed by atoms with Crippen molar-refractivity contribution >= 4 is 53.0 Å². The van der Waals surface area contributed by atoms with E-state index in [1.165, 1.54) is 12.1 Å². The molecule has 0 aliphatic carbocycles. The summed E-state index contributed by atoms with van der Waals surface area (Å²) < 4.78 is 57.7. The minimum absolute atomic E-state index is 0.00142. The van der Waals surface area contributed by atoms with Crippen LogP contribution in [-0.2, 0) is 33.3 Å². The second-order valence-corrected chi connectivity index (χ2v) is 11.6. The third-order valence-electron chi connectivity index (χ3n) is 7.30. The smallest absolute Gasteiger partial charge is 0.343 e. The lowest BCUT2D eigenvalue weighted by Crippen LogP contribution is -2.58. The molecule has 1 unspecified atom stereocenters. The van der Waals surface area contributed by atoms with Crippen molar-refractivity contribution in [1.29, 1.82) is 0 Å². The highest BCUT2D eigenvalue weighted by Gasteiger charge is 2.41. The summed E-state index contributed by atoms with van der Waals surface area (Å²) in [6, 6.07) is 3.35. The molecule has 0 spiro atoms. The van der Waals surface area contributed by atoms with E-state index in [9.17, 15) is 57.4 Å². The number of ether oxygens (including phenoxy) is 4. The Bertz CT molecular complexity index is 1870. The lowest BCUT2D eigenvalue weighted by Gasteiger charge is -2.32. The van der Waals surface area contributed by atoms with Gasteiger partial charge in [0.1, 0.15) is 23.5 Å². The fraction of sp³-hybridized carbons (Fsp3) is 0.483. The predicted molar refractivity (Wildman–Crippen MR) is 178 cm³/mol. The largest absolute Gasteiger partial charge is 0.550 e. The van der Waals surface area contributed by atoms with E-state index >= 15 is 0 Å². The van der Waals surface area contributed by atoms with Crippen LogP contribution in [0.15, 0.2) is 18.2 Å². The van der Waals surface area contributed by atoms with Crippen molar-refractivity contribution in [3.8, 4) is 0 Å². The fourth-order valence-electron chi connectivity index (χ4n) is 4.71. The molecule has 0 saturated carbocycles. The number of anilines is 2. The standard InChI is InChI=1S/C29H37F3N12O13/c1-54-28(51)29(15-24(46)47,4-2-3-6-44(30,31)32)36-23(45)16-57-11-10-56-9-8-55-7-5-33-25(48)17-12-20(40-37-17)34-26(49)18-13-21(41-38-18)35-27(50)19-14-22(42-39-19)43(52)53/h12-14H,2-11,15-16H2,1H3,(H7-,33,34,35,36,37,38,39,40,41,42,45,46,47,48,49,50). The number of carbonyl (C=O) groups is 6. The van der Waals surface area contributed by atoms with Gasteiger partial charge in [-0.15, -0.1) is 5.10 Å². The molecule has 7 N–H and O–H groups in total. The van der Waals surface area contributed by atoms with Gasteiger partial charge in [-0.25, -0.2) is 4.79 Å². The molecule has 0 aliphatic heterocycles. The Hall–Kier alpha value is -6.52. The highest BCUT2D eigenvalue weighted by Crippen LogP contribution is 2.23. The molecule has 3 aromatic rings. The number of carboxylic acid groups (broad SMARTS) is 1. The Morgan fingerprint density at radius 2 is 1.42 bits per heavy atom. The minimum atomic E-state index is -3.82. The first-order chi connectivity index (χ1) is 27.0. The number of nitrogens with one attached hydrogen (secondary N) is 7. The van der Waals surface area contributed by atoms with Crippen LogP contribution < -0.4 is 26.4 Å². The molecule has 28 heteroatoms. The van der Waals surface area contributed by atoms with Crippen LogP contribution >= 0.6 is 0 Å². The van der Waals surface area contributed by atoms with Gasteiger partial charge in [0.2, 0.25) is 11.1 Å². The summed E-state index contributed by atoms with van der Waals surface area (Å²) in [6.45, 7) is -1.58. The maximum atomic E-state index is 12.6. The van der Waals surface area contributed by atoms with Crippen LogP contribution in [0.1, 0.15) is 57.1 Å². The summed E-state index contributed by atoms with van der Waals surface area (Å²) in [5, 5.41) is 45.8. The number of amides is 4. The van der Waals surface area contributed by atoms with E-state index < -0.39 is 89.4 Å². The lowest BCUT2D eigenvalue weighted by atomic mass is 9.88. The average molecular weight is 819 g/mol. The number of nitro groups is 1. The molecule has 0 aromatic carbocycles. The van der Waals surface area contributed by atoms with Gasteiger partial charge in [0.05, 0.1) is 59.7 Å². The number of halogens is 3. The lowest BCUT2D eigenvalue weighted by molar-refractivity contribution is -1.27. The maximum Gasteiger partial charge on any atom is 0.343 e. The summed E-state index contributed by atoms with van der Waals surface area (Å²) in [7, 11) is 0.932. The van der Waals surface area contributed by atoms with Crippen LogP contribution in [0.25, 0.3) is 0 Å². The van der Waals surface area contributed by atoms with Gasteiger partial charge in [0.25, 0.3) is 17.7 Å². The summed E-state index contributed by atoms with van der Waals surface area (Å²) in [4.78, 5) is 83.3. The van der Waals surface area contributed by atoms with Gasteiger partial charge in [0, 0.05) is 37.5 Å². The Balaban J connectivity index is 1.27. The minimum Gasteiger partial charge on any atom is -0.550 e. The van der Waals surface area contributed by atoms with Gasteiger partial charge < -0.3 is 60.2 Å². The van der Waals surface area contributed by atoms with Crippen molar-refractivity contribution in [2.24, 2.45) is 0 Å². The number of rotatable bonds is 26. The zero-order valence-electron chi connectivity index (χ0n) is 29.9. The van der Waals surface area contributed by atoms with Crippen LogP contribution in [0.5, 0.6) is 0 Å². The number of aromatic nitrogens is 6. The average Bonchev–Trinajstić information content (AvgIpc) is 3.93. The van der Waals surface area contributed by atoms with Crippen LogP contribution in [0, 0.1) is 10.1 Å². The van der Waals surface area contributed by atoms with Crippen molar-refractivity contribution in [2.45, 2.75) is 31.2 Å². The van der Waals surface area contributed by atoms with Crippen LogP contribution in [0.4, 0.5) is 30.9 Å². The quantitative estimate of drug-likeness (QED) is 0.0165. The zero-order chi connectivity index (χ0) is 42.0. The van der Waals surface area contributed by atoms with Crippen LogP contribution in [0.2, 0.25) is 0 Å². The molecule has 0 bridgehead atoms. The molecule has 0 aliphatic rings. The highest BCUT2D eigenvalue weighted by atomic mass is 19.6. The number of hydrogen-bond acceptors (Lipinski definition) is 16. The van der Waals surface area contributed by atoms with Crippen molar-refractivity contribution < 1.29 is 76.3 Å². The van der Waals surface area contributed by atoms with E-state index in [-0.39, 0.29) is 74.7 Å². The van der Waals surface area contributed by atoms with Gasteiger partial charge in [-0.1, -0.05) is 5.10 Å². The van der Waals surface area contributed by atoms with Gasteiger partial charge >= 0.3 is 11.8 Å². The number of quaternary nitrogens is 1. The summed E-state index contributed by atoms with van der Waals surface area (Å²) in [5.74, 6) is -6.53. The number of aliphatic carboxylic acids is 1. The number of methoxy groups -OCH3 is 1. The van der Waals surface area contributed by atoms with Gasteiger partial charge in [0.15, 0.2) is 23.9 Å². The number of esters is 1. The molecule has 1 atom stereocenters. The first-order valence-corrected chi connectivity index (χ1v) is 16.5. The van der Waals surface area contributed by atoms with Gasteiger partial charge in [-0.3, -0.25) is 29.4 Å². The zero-order valence-corrected chi connectivity index (χ0v) is 29.9. The monoisotopic (exact) mass is 818 g/mol. The molecule has 3 aromatic heterocycles. The first-order valence-electron chi connectivity index (χ1n) is 16.5. The van der Waals surface area contributed by atoms with Gasteiger partial charge in [-0.05, 0) is 17.8 Å². The summed E-state index contributed by atoms with van der Waals surface area (Å²) >= 11 is 0. The van der Waals surface area contributed by atoms with E-state index in [0.717, 1.165) is 13.2 Å². The molecular formula is C29H37F3N12O13. The maximum absolute atomic E-state index is 12.6. The molecule has 25 nitrogen and oxygen atoms in total. The van der Waals surface area contributed by atoms with Crippen molar-refractivity contribution in [1.82, 2.24) is 41.2 Å². The van der Waals surface area contributed by atoms with Crippen LogP contribution in [-0.4, -0.2) is 142 Å². The highest BCUT2D eigenvalue weighted by molar-refractivity contribution is 6.06. The number of hydrogen-bond donors (Lipinski definition) is 7. The molecular weight excluding hydrogens is 781 g/mol. The number of aromatic amines is 3. The number of carbonyl (C=O) groups excluding carboxylic acids is 6. The first kappa shape index (κ1) is 44.9. The van der Waals surface area contributed by atoms with Gasteiger partial charge in [-0.2, -0.15) is 10.2 Å². The van der Waals surface area contributed by atoms with Crippen molar-refractivity contribution in [3.05, 3.63) is 45.4 Å². The number of nitrogens with zero attached hydrogens (tertiary/aromatic N) is 5. The number of carboxylic acids is 1. The number of H-pyrrole nitrogens is 3. The second-order valence-electron chi connectivity index (χ2n) is 11.6. The number of unbranched alkanes of at least 4 members (excludes halogenated alkanes) is 1. The molecule has 312 valence electrons. The Morgan fingerprint density at radius 1 is 0.825 bits per heavy atom. The SMILES string of the molecule is COC(=O)C(CCCC[N+](F)(F)F)(CC(=O)[O-])NC(=O)COCCOCCOCCNC(=O)c1cc(NC(=O)c2cc(NC(=O)c3cc([N+](=O)[O-])[nH]n3)n[nH]2)n[nH]1. The van der Waals surface area contributed by atoms with Crippen molar-refractivity contribution in [3.63, 3.8) is 0 Å². The Morgan fingerprint density at radius 3 is 2.00 bits per heavy atom. The van der Waals surface area contributed by atoms with E-state index in [1.807, 2.05) is 0 Å². The topological polar surface area (TPSA) is 340 Å². The molecule has 0 saturated heterocycles. The molecule has 3 rings (SSSR count). The van der Waals surface area contributed by atoms with E-state index in [4.69, 9.17) is 14.2 Å².